The lowest BCUT2D eigenvalue weighted by molar-refractivity contribution is -0.161. The number of rotatable bonds is 41. The van der Waals surface area contributed by atoms with Crippen molar-refractivity contribution in [2.45, 2.75) is 246 Å². The molecule has 556 valence electrons. The molecule has 0 bridgehead atoms. The van der Waals surface area contributed by atoms with E-state index in [2.05, 4.69) is 10.6 Å². The summed E-state index contributed by atoms with van der Waals surface area (Å²) in [4.78, 5) is 130. The van der Waals surface area contributed by atoms with Crippen LogP contribution in [0.4, 0.5) is 23.7 Å². The molecule has 3 aliphatic rings. The smallest absolute Gasteiger partial charge is 0.410 e. The van der Waals surface area contributed by atoms with Crippen LogP contribution in [0.25, 0.3) is 0 Å². The van der Waals surface area contributed by atoms with Crippen LogP contribution in [0.1, 0.15) is 202 Å². The number of unbranched alkanes of at least 4 members (excludes halogenated alkanes) is 2. The molecule has 2 heterocycles. The predicted octanol–water partition coefficient (Wildman–Crippen LogP) is 11.7. The van der Waals surface area contributed by atoms with Crippen LogP contribution in [0.5, 0.6) is 0 Å². The van der Waals surface area contributed by atoms with E-state index in [9.17, 15) is 61.4 Å². The van der Waals surface area contributed by atoms with Gasteiger partial charge in [0.25, 0.3) is 0 Å². The molecule has 2 aromatic carbocycles. The number of halogens is 3. The highest BCUT2D eigenvalue weighted by Crippen LogP contribution is 2.37. The van der Waals surface area contributed by atoms with Crippen LogP contribution in [-0.2, 0) is 59.2 Å². The molecule has 0 radical (unpaired) electrons. The summed E-state index contributed by atoms with van der Waals surface area (Å²) < 4.78 is 61.8. The lowest BCUT2D eigenvalue weighted by Gasteiger charge is -2.41. The van der Waals surface area contributed by atoms with Gasteiger partial charge in [-0.15, -0.1) is 0 Å². The number of alkyl halides is 3. The highest BCUT2D eigenvalue weighted by atomic mass is 19.4. The zero-order valence-corrected chi connectivity index (χ0v) is 61.5. The largest absolute Gasteiger partial charge is 0.445 e. The number of imide groups is 1. The zero-order chi connectivity index (χ0) is 73.6. The first-order valence-corrected chi connectivity index (χ1v) is 36.4. The zero-order valence-electron chi connectivity index (χ0n) is 61.5. The maximum Gasteiger partial charge on any atom is 0.410 e. The van der Waals surface area contributed by atoms with Gasteiger partial charge >= 0.3 is 12.3 Å². The Balaban J connectivity index is 1.21. The molecule has 13 atom stereocenters. The average molecular weight is 1390 g/mol. The maximum absolute atomic E-state index is 14.9. The number of benzene rings is 2. The molecule has 0 spiro atoms. The number of hydrogen-bond donors (Lipinski definition) is 4. The van der Waals surface area contributed by atoms with Gasteiger partial charge in [0, 0.05) is 96.9 Å². The minimum atomic E-state index is -4.68. The van der Waals surface area contributed by atoms with Crippen LogP contribution < -0.4 is 16.4 Å². The number of Topliss-reactive ketones (excluding diaryl/α,β-unsaturated/α-hetero) is 3. The molecule has 6 amide bonds. The van der Waals surface area contributed by atoms with E-state index in [-0.39, 0.29) is 129 Å². The number of likely N-dealkylation sites (tertiary alicyclic amines) is 2. The highest BCUT2D eigenvalue weighted by Gasteiger charge is 2.46. The normalized spacial score (nSPS) is 20.5. The summed E-state index contributed by atoms with van der Waals surface area (Å²) in [7, 11) is 6.23. The summed E-state index contributed by atoms with van der Waals surface area (Å²) in [5.74, 6) is -5.98. The first-order chi connectivity index (χ1) is 46.8. The molecule has 1 aliphatic carbocycles. The molecular formula is C76H118F3N7O13. The summed E-state index contributed by atoms with van der Waals surface area (Å²) >= 11 is 0. The first kappa shape index (κ1) is 83.5. The Morgan fingerprint density at radius 2 is 1.34 bits per heavy atom. The number of aliphatic hydroxyl groups is 1. The lowest BCUT2D eigenvalue weighted by Crippen LogP contribution is -2.54. The molecular weight excluding hydrogens is 1280 g/mol. The Labute approximate surface area is 586 Å². The molecule has 20 nitrogen and oxygen atoms in total. The number of nitrogens with two attached hydrogens (primary N) is 1. The maximum atomic E-state index is 14.9. The molecule has 1 saturated carbocycles. The van der Waals surface area contributed by atoms with E-state index in [1.807, 2.05) is 85.7 Å². The van der Waals surface area contributed by atoms with Gasteiger partial charge in [-0.25, -0.2) is 4.79 Å². The van der Waals surface area contributed by atoms with Crippen LogP contribution in [0.2, 0.25) is 0 Å². The van der Waals surface area contributed by atoms with Crippen LogP contribution >= 0.6 is 0 Å². The summed E-state index contributed by atoms with van der Waals surface area (Å²) in [6.07, 6.45) is -1.59. The number of methoxy groups -OCH3 is 2. The van der Waals surface area contributed by atoms with Crippen molar-refractivity contribution in [1.29, 1.82) is 0 Å². The number of carbonyl (C=O) groups is 9. The molecule has 13 unspecified atom stereocenters. The quantitative estimate of drug-likeness (QED) is 0.0356. The van der Waals surface area contributed by atoms with Crippen LogP contribution in [-0.4, -0.2) is 174 Å². The second kappa shape index (κ2) is 39.9. The van der Waals surface area contributed by atoms with Crippen molar-refractivity contribution in [3.63, 3.8) is 0 Å². The van der Waals surface area contributed by atoms with Gasteiger partial charge in [-0.2, -0.15) is 13.2 Å². The third-order valence-corrected chi connectivity index (χ3v) is 21.4. The second-order valence-electron chi connectivity index (χ2n) is 29.7. The van der Waals surface area contributed by atoms with E-state index in [1.165, 1.54) is 19.1 Å². The Morgan fingerprint density at radius 1 is 0.717 bits per heavy atom. The number of hydrogen-bond acceptors (Lipinski definition) is 15. The van der Waals surface area contributed by atoms with E-state index in [0.717, 1.165) is 36.1 Å². The molecule has 2 aliphatic heterocycles. The van der Waals surface area contributed by atoms with Crippen LogP contribution in [0, 0.1) is 59.2 Å². The Bertz CT molecular complexity index is 2910. The molecule has 99 heavy (non-hydrogen) atoms. The fourth-order valence-corrected chi connectivity index (χ4v) is 15.1. The number of nitrogens with zero attached hydrogens (tertiary/aromatic N) is 4. The third-order valence-electron chi connectivity index (χ3n) is 21.4. The third kappa shape index (κ3) is 24.0. The number of ketones is 3. The Kier molecular flexibility index (Phi) is 33.7. The fourth-order valence-electron chi connectivity index (χ4n) is 15.1. The summed E-state index contributed by atoms with van der Waals surface area (Å²) in [5, 5.41) is 16.6. The summed E-state index contributed by atoms with van der Waals surface area (Å²) in [6.45, 7) is 19.3. The number of ether oxygens (including phenoxy) is 3. The summed E-state index contributed by atoms with van der Waals surface area (Å²) in [6, 6.07) is 10.6. The minimum absolute atomic E-state index is 0.0599. The van der Waals surface area contributed by atoms with Gasteiger partial charge < -0.3 is 45.1 Å². The number of anilines is 1. The van der Waals surface area contributed by atoms with Crippen molar-refractivity contribution in [1.82, 2.24) is 24.9 Å². The van der Waals surface area contributed by atoms with Crippen LogP contribution in [0.3, 0.4) is 0 Å². The molecule has 5 N–H and O–H groups in total. The van der Waals surface area contributed by atoms with Crippen molar-refractivity contribution >= 4 is 58.7 Å². The van der Waals surface area contributed by atoms with Crippen molar-refractivity contribution < 1.29 is 75.6 Å². The van der Waals surface area contributed by atoms with E-state index in [1.54, 1.807) is 62.1 Å². The number of amides is 6. The molecule has 2 aromatic rings. The SMILES string of the molecule is CCC(C)C(C(CC(=O)N1CCCC1C(OC)C(C)C(=O)CC(C)C(O)c1ccccc1)OC)N(C)C(=O)C(CC(=O)C(C(C)C)N(C)C(=O)OCc1ccc(NC(=O)C(CC(=O)C(NC(CCCCCN2C(=O)CCC2=O)C(F)(F)F)C(C)C)CC2CCC(CN)CC2)cc1)C(C)C. The molecule has 23 heteroatoms. The average Bonchev–Trinajstić information content (AvgIpc) is 1.79. The van der Waals surface area contributed by atoms with E-state index >= 15 is 0 Å². The molecule has 2 saturated heterocycles. The number of likely N-dealkylation sites (N-methyl/N-ethyl adjacent to an activating group) is 2. The van der Waals surface area contributed by atoms with Crippen molar-refractivity contribution in [3.8, 4) is 0 Å². The number of carbonyl (C=O) groups excluding carboxylic acids is 9. The monoisotopic (exact) mass is 1390 g/mol. The lowest BCUT2D eigenvalue weighted by atomic mass is 9.76. The molecule has 0 aromatic heterocycles. The molecule has 5 rings (SSSR count). The van der Waals surface area contributed by atoms with E-state index in [4.69, 9.17) is 19.9 Å². The van der Waals surface area contributed by atoms with Gasteiger partial charge in [-0.3, -0.25) is 48.6 Å². The number of nitrogens with one attached hydrogen (secondary N) is 2. The second-order valence-corrected chi connectivity index (χ2v) is 29.7. The number of aliphatic hydroxyl groups excluding tert-OH is 1. The van der Waals surface area contributed by atoms with Gasteiger partial charge in [0.1, 0.15) is 18.4 Å². The minimum Gasteiger partial charge on any atom is -0.445 e. The van der Waals surface area contributed by atoms with Crippen LogP contribution in [0.15, 0.2) is 54.6 Å². The van der Waals surface area contributed by atoms with Crippen molar-refractivity contribution in [2.75, 3.05) is 53.3 Å². The van der Waals surface area contributed by atoms with Gasteiger partial charge in [0.05, 0.1) is 48.9 Å². The first-order valence-electron chi connectivity index (χ1n) is 36.4. The highest BCUT2D eigenvalue weighted by molar-refractivity contribution is 6.02. The van der Waals surface area contributed by atoms with Gasteiger partial charge in [-0.1, -0.05) is 144 Å². The predicted molar refractivity (Wildman–Crippen MR) is 374 cm³/mol. The fraction of sp³-hybridized carbons (Fsp3) is 0.724. The van der Waals surface area contributed by atoms with Crippen molar-refractivity contribution in [3.05, 3.63) is 65.7 Å². The topological polar surface area (TPSA) is 265 Å². The van der Waals surface area contributed by atoms with Gasteiger partial charge in [0.15, 0.2) is 11.6 Å². The molecule has 3 fully saturated rings. The van der Waals surface area contributed by atoms with Gasteiger partial charge in [0.2, 0.25) is 29.5 Å². The standard InChI is InChI=1S/C76H118F3N7O13/c1-15-49(8)70(63(97-13)43-67(92)85-38-22-25-59(85)72(98-14)51(10)60(87)39-50(9)71(93)55-23-18-16-19-24-55)83(11)74(95)58(46(2)3)42-62(89)69(48(6)7)84(12)75(96)99-45-54-31-33-57(34-32-54)81-73(94)56(40-52-27-29-53(44-80)30-28-52)41-61(88)68(47(4)5)82-64(76(77,78)79)26-20-17-21-37-86-65(90)35-36-66(86)91/h16,18-19,23-24,31-34,46-53,56,58-59,63-64,68-72,82,93H,15,17,20-22,25-30,35-45,80H2,1-14H3,(H,81,94). The summed E-state index contributed by atoms with van der Waals surface area (Å²) in [5.41, 5.74) is 7.65. The Hall–Kier alpha value is -6.14. The van der Waals surface area contributed by atoms with Gasteiger partial charge in [-0.05, 0) is 116 Å². The Morgan fingerprint density at radius 3 is 1.90 bits per heavy atom. The van der Waals surface area contributed by atoms with E-state index in [0.29, 0.717) is 68.8 Å². The van der Waals surface area contributed by atoms with Crippen molar-refractivity contribution in [2.24, 2.45) is 64.9 Å². The van der Waals surface area contributed by atoms with E-state index < -0.39 is 96.2 Å².